The van der Waals surface area contributed by atoms with Gasteiger partial charge in [-0.3, -0.25) is 9.59 Å². The molecule has 1 saturated heterocycles. The van der Waals surface area contributed by atoms with Gasteiger partial charge in [-0.15, -0.1) is 0 Å². The number of likely N-dealkylation sites (tertiary alicyclic amines) is 1. The normalized spacial score (nSPS) is 23.4. The van der Waals surface area contributed by atoms with Crippen molar-refractivity contribution in [1.82, 2.24) is 9.80 Å². The van der Waals surface area contributed by atoms with Crippen LogP contribution >= 0.6 is 11.8 Å². The van der Waals surface area contributed by atoms with E-state index in [-0.39, 0.29) is 17.7 Å². The van der Waals surface area contributed by atoms with E-state index in [0.717, 1.165) is 45.2 Å². The molecule has 2 fully saturated rings. The molecule has 2 atom stereocenters. The Kier molecular flexibility index (Phi) is 7.22. The first-order valence-corrected chi connectivity index (χ1v) is 11.5. The number of amides is 2. The van der Waals surface area contributed by atoms with Crippen molar-refractivity contribution in [1.29, 1.82) is 0 Å². The van der Waals surface area contributed by atoms with Gasteiger partial charge in [-0.25, -0.2) is 0 Å². The van der Waals surface area contributed by atoms with Crippen LogP contribution < -0.4 is 0 Å². The van der Waals surface area contributed by atoms with Crippen LogP contribution in [0.4, 0.5) is 0 Å². The van der Waals surface area contributed by atoms with Crippen molar-refractivity contribution in [3.63, 3.8) is 0 Å². The second kappa shape index (κ2) is 9.63. The molecule has 0 aromatic heterocycles. The third kappa shape index (κ3) is 5.28. The zero-order valence-electron chi connectivity index (χ0n) is 16.6. The molecule has 0 N–H and O–H groups in total. The molecule has 3 rings (SSSR count). The van der Waals surface area contributed by atoms with Crippen molar-refractivity contribution in [2.75, 3.05) is 26.4 Å². The maximum Gasteiger partial charge on any atom is 0.225 e. The Morgan fingerprint density at radius 3 is 2.44 bits per heavy atom. The zero-order valence-corrected chi connectivity index (χ0v) is 17.4. The molecule has 27 heavy (non-hydrogen) atoms. The Bertz CT molecular complexity index is 628. The lowest BCUT2D eigenvalue weighted by Crippen LogP contribution is -2.45. The van der Waals surface area contributed by atoms with Gasteiger partial charge < -0.3 is 9.80 Å². The van der Waals surface area contributed by atoms with Crippen molar-refractivity contribution in [3.05, 3.63) is 35.9 Å². The highest BCUT2D eigenvalue weighted by Gasteiger charge is 2.34. The van der Waals surface area contributed by atoms with Crippen molar-refractivity contribution in [2.45, 2.75) is 56.2 Å². The number of hydrogen-bond donors (Lipinski definition) is 0. The summed E-state index contributed by atoms with van der Waals surface area (Å²) < 4.78 is 0. The first-order valence-electron chi connectivity index (χ1n) is 10.2. The molecule has 0 unspecified atom stereocenters. The third-order valence-corrected chi connectivity index (χ3v) is 7.35. The minimum absolute atomic E-state index is 0.0847. The van der Waals surface area contributed by atoms with Gasteiger partial charge in [-0.1, -0.05) is 30.3 Å². The number of aryl methyl sites for hydroxylation is 1. The number of carbonyl (C=O) groups excluding carboxylic acids is 2. The highest BCUT2D eigenvalue weighted by atomic mass is 32.2. The smallest absolute Gasteiger partial charge is 0.225 e. The van der Waals surface area contributed by atoms with E-state index >= 15 is 0 Å². The molecule has 4 nitrogen and oxygen atoms in total. The quantitative estimate of drug-likeness (QED) is 0.748. The Labute approximate surface area is 167 Å². The van der Waals surface area contributed by atoms with Crippen molar-refractivity contribution < 1.29 is 9.59 Å². The maximum atomic E-state index is 12.9. The highest BCUT2D eigenvalue weighted by molar-refractivity contribution is 7.99. The topological polar surface area (TPSA) is 40.6 Å². The van der Waals surface area contributed by atoms with Crippen LogP contribution in [-0.2, 0) is 16.0 Å². The Hall–Kier alpha value is -1.49. The summed E-state index contributed by atoms with van der Waals surface area (Å²) in [7, 11) is 1.98. The summed E-state index contributed by atoms with van der Waals surface area (Å²) in [6.07, 6.45) is 8.60. The lowest BCUT2D eigenvalue weighted by atomic mass is 9.94. The monoisotopic (exact) mass is 388 g/mol. The Morgan fingerprint density at radius 2 is 1.81 bits per heavy atom. The van der Waals surface area contributed by atoms with Gasteiger partial charge >= 0.3 is 0 Å². The average Bonchev–Trinajstić information content (AvgIpc) is 3.21. The lowest BCUT2D eigenvalue weighted by molar-refractivity contribution is -0.141. The van der Waals surface area contributed by atoms with E-state index < -0.39 is 0 Å². The molecule has 1 aromatic carbocycles. The van der Waals surface area contributed by atoms with Gasteiger partial charge in [0, 0.05) is 43.8 Å². The van der Waals surface area contributed by atoms with Gasteiger partial charge in [0.1, 0.15) is 0 Å². The van der Waals surface area contributed by atoms with Gasteiger partial charge in [-0.2, -0.15) is 11.8 Å². The molecule has 148 valence electrons. The van der Waals surface area contributed by atoms with Crippen LogP contribution in [0.2, 0.25) is 0 Å². The van der Waals surface area contributed by atoms with Crippen molar-refractivity contribution in [3.8, 4) is 0 Å². The van der Waals surface area contributed by atoms with E-state index in [2.05, 4.69) is 18.4 Å². The summed E-state index contributed by atoms with van der Waals surface area (Å²) >= 11 is 1.93. The van der Waals surface area contributed by atoms with E-state index in [4.69, 9.17) is 0 Å². The molecule has 1 aliphatic heterocycles. The van der Waals surface area contributed by atoms with Crippen LogP contribution in [0, 0.1) is 5.92 Å². The average molecular weight is 389 g/mol. The van der Waals surface area contributed by atoms with E-state index in [9.17, 15) is 9.59 Å². The van der Waals surface area contributed by atoms with Gasteiger partial charge in [0.2, 0.25) is 11.8 Å². The van der Waals surface area contributed by atoms with Crippen molar-refractivity contribution >= 4 is 23.6 Å². The number of carbonyl (C=O) groups is 2. The molecule has 1 aromatic rings. The molecule has 2 amide bonds. The summed E-state index contributed by atoms with van der Waals surface area (Å²) in [6, 6.07) is 10.6. The van der Waals surface area contributed by atoms with Crippen LogP contribution in [-0.4, -0.2) is 59.3 Å². The lowest BCUT2D eigenvalue weighted by Gasteiger charge is -2.35. The molecule has 1 aliphatic carbocycles. The van der Waals surface area contributed by atoms with Gasteiger partial charge in [0.25, 0.3) is 0 Å². The van der Waals surface area contributed by atoms with E-state index in [1.54, 1.807) is 0 Å². The first kappa shape index (κ1) is 20.2. The summed E-state index contributed by atoms with van der Waals surface area (Å²) in [5.74, 6) is 0.594. The second-order valence-corrected chi connectivity index (χ2v) is 9.05. The molecular weight excluding hydrogens is 356 g/mol. The zero-order chi connectivity index (χ0) is 19.2. The molecule has 2 aliphatic rings. The fourth-order valence-corrected chi connectivity index (χ4v) is 5.17. The summed E-state index contributed by atoms with van der Waals surface area (Å²) in [4.78, 5) is 29.3. The Morgan fingerprint density at radius 1 is 1.11 bits per heavy atom. The fourth-order valence-electron chi connectivity index (χ4n) is 4.38. The van der Waals surface area contributed by atoms with Gasteiger partial charge in [0.05, 0.1) is 0 Å². The number of hydrogen-bond acceptors (Lipinski definition) is 3. The van der Waals surface area contributed by atoms with Crippen LogP contribution in [0.5, 0.6) is 0 Å². The second-order valence-electron chi connectivity index (χ2n) is 7.91. The van der Waals surface area contributed by atoms with Gasteiger partial charge in [-0.05, 0) is 50.3 Å². The largest absolute Gasteiger partial charge is 0.343 e. The molecule has 1 saturated carbocycles. The minimum atomic E-state index is 0.0847. The first-order chi connectivity index (χ1) is 13.1. The molecule has 0 spiro atoms. The van der Waals surface area contributed by atoms with Crippen LogP contribution in [0.25, 0.3) is 0 Å². The fraction of sp³-hybridized carbons (Fsp3) is 0.636. The molecule has 1 heterocycles. The number of nitrogens with zero attached hydrogens (tertiary/aromatic N) is 2. The van der Waals surface area contributed by atoms with Crippen LogP contribution in [0.1, 0.15) is 44.1 Å². The number of rotatable bonds is 6. The summed E-state index contributed by atoms with van der Waals surface area (Å²) in [5, 5.41) is 0.703. The third-order valence-electron chi connectivity index (χ3n) is 6.25. The number of benzene rings is 1. The molecule has 5 heteroatoms. The predicted molar refractivity (Wildman–Crippen MR) is 112 cm³/mol. The number of piperidine rings is 1. The van der Waals surface area contributed by atoms with Crippen molar-refractivity contribution in [2.24, 2.45) is 5.92 Å². The standard InChI is InChI=1S/C22H32N2O2S/c1-23(19-9-10-20(16-19)27-2)22(26)18-12-14-24(15-13-18)21(25)11-8-17-6-4-3-5-7-17/h3-7,18-20H,8-16H2,1-2H3/t19-,20-/m1/s1. The Balaban J connectivity index is 1.42. The van der Waals surface area contributed by atoms with Crippen LogP contribution in [0.15, 0.2) is 30.3 Å². The van der Waals surface area contributed by atoms with E-state index in [1.165, 1.54) is 12.0 Å². The molecule has 0 radical (unpaired) electrons. The SMILES string of the molecule is CS[C@@H]1CC[C@@H](N(C)C(=O)C2CCN(C(=O)CCc3ccccc3)CC2)C1. The predicted octanol–water partition coefficient (Wildman–Crippen LogP) is 3.60. The molecule has 0 bridgehead atoms. The maximum absolute atomic E-state index is 12.9. The molecular formula is C22H32N2O2S. The summed E-state index contributed by atoms with van der Waals surface area (Å²) in [5.41, 5.74) is 1.21. The highest BCUT2D eigenvalue weighted by Crippen LogP contribution is 2.32. The van der Waals surface area contributed by atoms with Crippen LogP contribution in [0.3, 0.4) is 0 Å². The number of thioether (sulfide) groups is 1. The van der Waals surface area contributed by atoms with E-state index in [0.29, 0.717) is 17.7 Å². The van der Waals surface area contributed by atoms with E-state index in [1.807, 2.05) is 46.8 Å². The summed E-state index contributed by atoms with van der Waals surface area (Å²) in [6.45, 7) is 1.44. The minimum Gasteiger partial charge on any atom is -0.343 e. The van der Waals surface area contributed by atoms with Gasteiger partial charge in [0.15, 0.2) is 0 Å².